The highest BCUT2D eigenvalue weighted by Crippen LogP contribution is 2.22. The Bertz CT molecular complexity index is 954. The van der Waals surface area contributed by atoms with Crippen LogP contribution in [0.1, 0.15) is 34.3 Å². The lowest BCUT2D eigenvalue weighted by molar-refractivity contribution is -0.127. The Morgan fingerprint density at radius 3 is 2.17 bits per heavy atom. The Labute approximate surface area is 176 Å². The van der Waals surface area contributed by atoms with E-state index in [9.17, 15) is 14.4 Å². The van der Waals surface area contributed by atoms with Crippen molar-refractivity contribution >= 4 is 29.6 Å². The lowest BCUT2D eigenvalue weighted by Gasteiger charge is -2.30. The monoisotopic (exact) mass is 403 g/mol. The number of amides is 1. The van der Waals surface area contributed by atoms with Gasteiger partial charge in [-0.15, -0.1) is 0 Å². The van der Waals surface area contributed by atoms with Gasteiger partial charge in [-0.25, -0.2) is 0 Å². The Balaban J connectivity index is 1.54. The first-order chi connectivity index (χ1) is 14.6. The Hall–Kier alpha value is -3.31. The van der Waals surface area contributed by atoms with Crippen molar-refractivity contribution in [1.29, 1.82) is 0 Å². The highest BCUT2D eigenvalue weighted by Gasteiger charge is 2.27. The first-order valence-corrected chi connectivity index (χ1v) is 10.0. The molecule has 3 rings (SSSR count). The van der Waals surface area contributed by atoms with Gasteiger partial charge >= 0.3 is 0 Å². The summed E-state index contributed by atoms with van der Waals surface area (Å²) in [5.74, 6) is -0.314. The summed E-state index contributed by atoms with van der Waals surface area (Å²) in [6.07, 6.45) is 7.59. The summed E-state index contributed by atoms with van der Waals surface area (Å²) in [7, 11) is 0. The van der Waals surface area contributed by atoms with Gasteiger partial charge in [0, 0.05) is 30.6 Å². The molecule has 1 heterocycles. The molecule has 0 saturated carbocycles. The third-order valence-electron chi connectivity index (χ3n) is 5.18. The second-order valence-electron chi connectivity index (χ2n) is 7.29. The minimum Gasteiger partial charge on any atom is -0.388 e. The molecule has 0 unspecified atom stereocenters. The molecule has 30 heavy (non-hydrogen) atoms. The molecule has 5 nitrogen and oxygen atoms in total. The lowest BCUT2D eigenvalue weighted by Crippen LogP contribution is -2.39. The van der Waals surface area contributed by atoms with E-state index >= 15 is 0 Å². The van der Waals surface area contributed by atoms with Gasteiger partial charge in [0.15, 0.2) is 11.6 Å². The van der Waals surface area contributed by atoms with Crippen molar-refractivity contribution in [2.75, 3.05) is 19.7 Å². The molecule has 0 aromatic heterocycles. The number of hydrogen-bond acceptors (Lipinski definition) is 4. The van der Waals surface area contributed by atoms with Crippen LogP contribution in [0.2, 0.25) is 0 Å². The number of hydrogen-bond donors (Lipinski definition) is 1. The molecule has 2 aromatic carbocycles. The van der Waals surface area contributed by atoms with Crippen LogP contribution < -0.4 is 0 Å². The van der Waals surface area contributed by atoms with E-state index < -0.39 is 6.61 Å². The number of ketones is 2. The van der Waals surface area contributed by atoms with Crippen molar-refractivity contribution in [2.45, 2.75) is 12.8 Å². The summed E-state index contributed by atoms with van der Waals surface area (Å²) in [6.45, 7) is 0.620. The quantitative estimate of drug-likeness (QED) is 0.568. The standard InChI is InChI=1S/C25H25NO4/c27-18-23(28)11-9-19-5-4-6-20(17-19)10-12-24(29)26-15-13-22(14-16-26)25(30)21-7-2-1-3-8-21/h1-12,17,22,27H,13-16,18H2/b11-9+,12-10+. The molecule has 1 aliphatic heterocycles. The second-order valence-corrected chi connectivity index (χ2v) is 7.29. The SMILES string of the molecule is O=C(/C=C/c1cccc(/C=C/C(=O)N2CCC(C(=O)c3ccccc3)CC2)c1)CO. The van der Waals surface area contributed by atoms with Crippen LogP contribution in [0.5, 0.6) is 0 Å². The minimum atomic E-state index is -0.516. The van der Waals surface area contributed by atoms with Crippen LogP contribution in [-0.2, 0) is 9.59 Å². The van der Waals surface area contributed by atoms with E-state index in [1.165, 1.54) is 6.08 Å². The van der Waals surface area contributed by atoms with Crippen molar-refractivity contribution in [3.63, 3.8) is 0 Å². The maximum atomic E-state index is 12.6. The van der Waals surface area contributed by atoms with E-state index in [1.807, 2.05) is 54.6 Å². The third kappa shape index (κ3) is 5.84. The topological polar surface area (TPSA) is 74.7 Å². The van der Waals surface area contributed by atoms with Gasteiger partial charge < -0.3 is 10.0 Å². The van der Waals surface area contributed by atoms with Crippen molar-refractivity contribution in [3.05, 3.63) is 83.4 Å². The smallest absolute Gasteiger partial charge is 0.246 e. The molecular formula is C25H25NO4. The number of carbonyl (C=O) groups is 3. The summed E-state index contributed by atoms with van der Waals surface area (Å²) in [5, 5.41) is 8.77. The van der Waals surface area contributed by atoms with Gasteiger partial charge in [-0.1, -0.05) is 54.6 Å². The zero-order valence-electron chi connectivity index (χ0n) is 16.7. The number of nitrogens with zero attached hydrogens (tertiary/aromatic N) is 1. The molecule has 154 valence electrons. The number of piperidine rings is 1. The summed E-state index contributed by atoms with van der Waals surface area (Å²) in [4.78, 5) is 38.1. The summed E-state index contributed by atoms with van der Waals surface area (Å²) in [5.41, 5.74) is 2.39. The van der Waals surface area contributed by atoms with Crippen molar-refractivity contribution in [3.8, 4) is 0 Å². The number of aliphatic hydroxyl groups excluding tert-OH is 1. The number of rotatable bonds is 7. The Morgan fingerprint density at radius 2 is 1.53 bits per heavy atom. The number of aliphatic hydroxyl groups is 1. The van der Waals surface area contributed by atoms with Crippen LogP contribution in [0.3, 0.4) is 0 Å². The number of Topliss-reactive ketones (excluding diaryl/α,β-unsaturated/α-hetero) is 1. The molecule has 0 aliphatic carbocycles. The fraction of sp³-hybridized carbons (Fsp3) is 0.240. The van der Waals surface area contributed by atoms with Gasteiger partial charge in [0.25, 0.3) is 0 Å². The third-order valence-corrected chi connectivity index (χ3v) is 5.18. The molecule has 1 saturated heterocycles. The van der Waals surface area contributed by atoms with Crippen LogP contribution in [-0.4, -0.2) is 47.2 Å². The van der Waals surface area contributed by atoms with Crippen molar-refractivity contribution in [2.24, 2.45) is 5.92 Å². The second kappa shape index (κ2) is 10.5. The highest BCUT2D eigenvalue weighted by atomic mass is 16.3. The molecule has 0 bridgehead atoms. The van der Waals surface area contributed by atoms with Gasteiger partial charge in [-0.3, -0.25) is 14.4 Å². The number of carbonyl (C=O) groups excluding carboxylic acids is 3. The summed E-state index contributed by atoms with van der Waals surface area (Å²) in [6, 6.07) is 16.7. The van der Waals surface area contributed by atoms with Crippen molar-refractivity contribution < 1.29 is 19.5 Å². The van der Waals surface area contributed by atoms with E-state index in [0.29, 0.717) is 25.9 Å². The predicted molar refractivity (Wildman–Crippen MR) is 117 cm³/mol. The molecule has 1 aliphatic rings. The van der Waals surface area contributed by atoms with E-state index in [4.69, 9.17) is 5.11 Å². The molecule has 0 spiro atoms. The average Bonchev–Trinajstić information content (AvgIpc) is 2.81. The fourth-order valence-corrected chi connectivity index (χ4v) is 3.48. The van der Waals surface area contributed by atoms with Gasteiger partial charge in [0.1, 0.15) is 6.61 Å². The zero-order chi connectivity index (χ0) is 21.3. The Kier molecular flexibility index (Phi) is 7.46. The highest BCUT2D eigenvalue weighted by molar-refractivity contribution is 5.98. The molecule has 0 radical (unpaired) electrons. The van der Waals surface area contributed by atoms with Crippen LogP contribution in [0, 0.1) is 5.92 Å². The summed E-state index contributed by atoms with van der Waals surface area (Å²) < 4.78 is 0. The van der Waals surface area contributed by atoms with E-state index in [2.05, 4.69) is 0 Å². The molecule has 1 fully saturated rings. The molecule has 1 N–H and O–H groups in total. The first-order valence-electron chi connectivity index (χ1n) is 10.0. The zero-order valence-corrected chi connectivity index (χ0v) is 16.7. The van der Waals surface area contributed by atoms with Gasteiger partial charge in [-0.2, -0.15) is 0 Å². The van der Waals surface area contributed by atoms with Gasteiger partial charge in [0.2, 0.25) is 5.91 Å². The number of likely N-dealkylation sites (tertiary alicyclic amines) is 1. The first kappa shape index (κ1) is 21.4. The van der Waals surface area contributed by atoms with Crippen molar-refractivity contribution in [1.82, 2.24) is 4.90 Å². The van der Waals surface area contributed by atoms with Crippen LogP contribution in [0.4, 0.5) is 0 Å². The average molecular weight is 403 g/mol. The van der Waals surface area contributed by atoms with E-state index in [0.717, 1.165) is 16.7 Å². The van der Waals surface area contributed by atoms with Gasteiger partial charge in [-0.05, 0) is 42.2 Å². The molecule has 5 heteroatoms. The maximum absolute atomic E-state index is 12.6. The fourth-order valence-electron chi connectivity index (χ4n) is 3.48. The minimum absolute atomic E-state index is 0.0365. The largest absolute Gasteiger partial charge is 0.388 e. The number of benzene rings is 2. The molecular weight excluding hydrogens is 378 g/mol. The Morgan fingerprint density at radius 1 is 0.900 bits per heavy atom. The van der Waals surface area contributed by atoms with Crippen LogP contribution >= 0.6 is 0 Å². The normalized spacial score (nSPS) is 15.0. The lowest BCUT2D eigenvalue weighted by atomic mass is 9.89. The van der Waals surface area contributed by atoms with E-state index in [1.54, 1.807) is 23.1 Å². The summed E-state index contributed by atoms with van der Waals surface area (Å²) >= 11 is 0. The van der Waals surface area contributed by atoms with Crippen LogP contribution in [0.15, 0.2) is 66.7 Å². The molecule has 2 aromatic rings. The van der Waals surface area contributed by atoms with Crippen LogP contribution in [0.25, 0.3) is 12.2 Å². The van der Waals surface area contributed by atoms with E-state index in [-0.39, 0.29) is 23.4 Å². The maximum Gasteiger partial charge on any atom is 0.246 e. The molecule has 0 atom stereocenters. The predicted octanol–water partition coefficient (Wildman–Crippen LogP) is 3.40. The molecule has 1 amide bonds. The van der Waals surface area contributed by atoms with Gasteiger partial charge in [0.05, 0.1) is 0 Å².